The second-order valence-corrected chi connectivity index (χ2v) is 6.35. The number of nitrogens with zero attached hydrogens (tertiary/aromatic N) is 1. The van der Waals surface area contributed by atoms with Crippen molar-refractivity contribution in [2.75, 3.05) is 13.1 Å². The van der Waals surface area contributed by atoms with E-state index < -0.39 is 0 Å². The highest BCUT2D eigenvalue weighted by Crippen LogP contribution is 2.24. The summed E-state index contributed by atoms with van der Waals surface area (Å²) in [6.45, 7) is 9.00. The minimum absolute atomic E-state index is 0.0482. The Morgan fingerprint density at radius 2 is 2.28 bits per heavy atom. The molecular weight excluding hydrogens is 244 g/mol. The lowest BCUT2D eigenvalue weighted by atomic mass is 10.2. The Kier molecular flexibility index (Phi) is 4.40. The van der Waals surface area contributed by atoms with Gasteiger partial charge in [0, 0.05) is 16.3 Å². The summed E-state index contributed by atoms with van der Waals surface area (Å²) in [5.74, 6) is 0.271. The van der Waals surface area contributed by atoms with E-state index in [-0.39, 0.29) is 11.9 Å². The summed E-state index contributed by atoms with van der Waals surface area (Å²) < 4.78 is 0. The fourth-order valence-corrected chi connectivity index (χ4v) is 3.39. The molecule has 1 fully saturated rings. The van der Waals surface area contributed by atoms with Gasteiger partial charge in [-0.05, 0) is 44.9 Å². The molecule has 1 amide bonds. The van der Waals surface area contributed by atoms with Gasteiger partial charge in [-0.3, -0.25) is 4.79 Å². The Hall–Kier alpha value is -0.870. The van der Waals surface area contributed by atoms with Gasteiger partial charge in [0.15, 0.2) is 0 Å². The van der Waals surface area contributed by atoms with Crippen LogP contribution in [0.3, 0.4) is 0 Å². The molecule has 1 atom stereocenters. The smallest absolute Gasteiger partial charge is 0.240 e. The van der Waals surface area contributed by atoms with Gasteiger partial charge in [-0.2, -0.15) is 0 Å². The van der Waals surface area contributed by atoms with Crippen molar-refractivity contribution in [3.8, 4) is 0 Å². The number of hydrogen-bond donors (Lipinski definition) is 1. The van der Waals surface area contributed by atoms with Crippen molar-refractivity contribution in [2.45, 2.75) is 46.2 Å². The number of thiophene rings is 1. The molecule has 2 heterocycles. The first-order valence-electron chi connectivity index (χ1n) is 6.70. The number of amides is 1. The van der Waals surface area contributed by atoms with Gasteiger partial charge < -0.3 is 10.2 Å². The molecule has 0 spiro atoms. The minimum atomic E-state index is 0.0482. The Balaban J connectivity index is 1.93. The highest BCUT2D eigenvalue weighted by molar-refractivity contribution is 7.12. The van der Waals surface area contributed by atoms with E-state index >= 15 is 0 Å². The number of hydrogen-bond acceptors (Lipinski definition) is 3. The third kappa shape index (κ3) is 2.93. The Labute approximate surface area is 113 Å². The zero-order valence-electron chi connectivity index (χ0n) is 11.5. The third-order valence-corrected chi connectivity index (χ3v) is 4.64. The minimum Gasteiger partial charge on any atom is -0.336 e. The van der Waals surface area contributed by atoms with Gasteiger partial charge in [0.1, 0.15) is 0 Å². The average molecular weight is 266 g/mol. The Morgan fingerprint density at radius 1 is 1.50 bits per heavy atom. The summed E-state index contributed by atoms with van der Waals surface area (Å²) in [4.78, 5) is 16.8. The molecule has 1 aromatic heterocycles. The van der Waals surface area contributed by atoms with Gasteiger partial charge in [0.05, 0.1) is 12.6 Å². The quantitative estimate of drug-likeness (QED) is 0.888. The number of likely N-dealkylation sites (tertiary alicyclic amines) is 1. The first-order chi connectivity index (χ1) is 8.61. The zero-order chi connectivity index (χ0) is 13.1. The highest BCUT2D eigenvalue weighted by atomic mass is 32.1. The van der Waals surface area contributed by atoms with Crippen molar-refractivity contribution in [3.63, 3.8) is 0 Å². The summed E-state index contributed by atoms with van der Waals surface area (Å²) in [6.07, 6.45) is 2.02. The summed E-state index contributed by atoms with van der Waals surface area (Å²) in [6, 6.07) is 2.26. The van der Waals surface area contributed by atoms with E-state index in [0.29, 0.717) is 0 Å². The molecule has 0 radical (unpaired) electrons. The van der Waals surface area contributed by atoms with Crippen LogP contribution in [0, 0.1) is 13.8 Å². The van der Waals surface area contributed by atoms with Gasteiger partial charge >= 0.3 is 0 Å². The normalized spacial score (nSPS) is 19.8. The van der Waals surface area contributed by atoms with Crippen LogP contribution in [-0.4, -0.2) is 29.9 Å². The van der Waals surface area contributed by atoms with Crippen LogP contribution in [0.15, 0.2) is 6.07 Å². The van der Waals surface area contributed by atoms with Gasteiger partial charge in [0.2, 0.25) is 5.91 Å². The molecule has 4 heteroatoms. The molecule has 1 unspecified atom stereocenters. The highest BCUT2D eigenvalue weighted by Gasteiger charge is 2.30. The number of carbonyl (C=O) groups excluding carboxylic acids is 1. The lowest BCUT2D eigenvalue weighted by Crippen LogP contribution is -2.38. The van der Waals surface area contributed by atoms with E-state index in [4.69, 9.17) is 0 Å². The van der Waals surface area contributed by atoms with Crippen molar-refractivity contribution >= 4 is 17.2 Å². The number of aryl methyl sites for hydroxylation is 2. The van der Waals surface area contributed by atoms with Crippen molar-refractivity contribution in [2.24, 2.45) is 0 Å². The monoisotopic (exact) mass is 266 g/mol. The van der Waals surface area contributed by atoms with E-state index in [2.05, 4.69) is 32.2 Å². The number of rotatable bonds is 5. The zero-order valence-corrected chi connectivity index (χ0v) is 12.3. The van der Waals surface area contributed by atoms with Crippen LogP contribution >= 0.6 is 11.3 Å². The molecule has 0 saturated carbocycles. The molecule has 3 nitrogen and oxygen atoms in total. The number of nitrogens with one attached hydrogen (secondary N) is 1. The molecular formula is C14H22N2OS. The second-order valence-electron chi connectivity index (χ2n) is 5.01. The van der Waals surface area contributed by atoms with Crippen LogP contribution in [0.1, 0.15) is 35.1 Å². The van der Waals surface area contributed by atoms with E-state index in [9.17, 15) is 4.79 Å². The summed E-state index contributed by atoms with van der Waals surface area (Å²) in [7, 11) is 0. The van der Waals surface area contributed by atoms with Crippen LogP contribution in [0.5, 0.6) is 0 Å². The topological polar surface area (TPSA) is 32.3 Å². The maximum atomic E-state index is 12.2. The predicted molar refractivity (Wildman–Crippen MR) is 75.9 cm³/mol. The fourth-order valence-electron chi connectivity index (χ4n) is 2.32. The van der Waals surface area contributed by atoms with E-state index in [1.165, 1.54) is 15.3 Å². The first-order valence-corrected chi connectivity index (χ1v) is 7.51. The van der Waals surface area contributed by atoms with E-state index in [1.807, 2.05) is 16.2 Å². The van der Waals surface area contributed by atoms with Crippen LogP contribution < -0.4 is 5.32 Å². The molecule has 1 aromatic rings. The SMILES string of the molecule is CCCNC1CCN(Cc2cc(C)c(C)s2)C1=O. The van der Waals surface area contributed by atoms with Crippen molar-refractivity contribution in [1.82, 2.24) is 10.2 Å². The molecule has 0 aromatic carbocycles. The molecule has 18 heavy (non-hydrogen) atoms. The third-order valence-electron chi connectivity index (χ3n) is 3.50. The van der Waals surface area contributed by atoms with E-state index in [1.54, 1.807) is 0 Å². The van der Waals surface area contributed by atoms with E-state index in [0.717, 1.165) is 32.5 Å². The van der Waals surface area contributed by atoms with Gasteiger partial charge in [-0.25, -0.2) is 0 Å². The summed E-state index contributed by atoms with van der Waals surface area (Å²) in [5, 5.41) is 3.33. The van der Waals surface area contributed by atoms with Crippen molar-refractivity contribution < 1.29 is 4.79 Å². The molecule has 100 valence electrons. The first kappa shape index (κ1) is 13.6. The summed E-state index contributed by atoms with van der Waals surface area (Å²) >= 11 is 1.81. The largest absolute Gasteiger partial charge is 0.336 e. The predicted octanol–water partition coefficient (Wildman–Crippen LogP) is 2.47. The molecule has 1 saturated heterocycles. The van der Waals surface area contributed by atoms with Gasteiger partial charge in [-0.1, -0.05) is 6.92 Å². The van der Waals surface area contributed by atoms with Crippen LogP contribution in [0.4, 0.5) is 0 Å². The van der Waals surface area contributed by atoms with Gasteiger partial charge in [-0.15, -0.1) is 11.3 Å². The Morgan fingerprint density at radius 3 is 2.89 bits per heavy atom. The second kappa shape index (κ2) is 5.85. The van der Waals surface area contributed by atoms with Crippen LogP contribution in [-0.2, 0) is 11.3 Å². The van der Waals surface area contributed by atoms with Crippen molar-refractivity contribution in [3.05, 3.63) is 21.4 Å². The Bertz CT molecular complexity index is 408. The van der Waals surface area contributed by atoms with Crippen molar-refractivity contribution in [1.29, 1.82) is 0 Å². The maximum absolute atomic E-state index is 12.2. The molecule has 1 aliphatic heterocycles. The fraction of sp³-hybridized carbons (Fsp3) is 0.643. The van der Waals surface area contributed by atoms with Crippen LogP contribution in [0.25, 0.3) is 0 Å². The molecule has 1 N–H and O–H groups in total. The molecule has 2 rings (SSSR count). The maximum Gasteiger partial charge on any atom is 0.240 e. The standard InChI is InChI=1S/C14H22N2OS/c1-4-6-15-13-5-7-16(14(13)17)9-12-8-10(2)11(3)18-12/h8,13,15H,4-7,9H2,1-3H3. The van der Waals surface area contributed by atoms with Gasteiger partial charge in [0.25, 0.3) is 0 Å². The summed E-state index contributed by atoms with van der Waals surface area (Å²) in [5.41, 5.74) is 1.34. The lowest BCUT2D eigenvalue weighted by Gasteiger charge is -2.16. The number of carbonyl (C=O) groups is 1. The molecule has 0 aliphatic carbocycles. The molecule has 0 bridgehead atoms. The lowest BCUT2D eigenvalue weighted by molar-refractivity contribution is -0.129. The average Bonchev–Trinajstić information content (AvgIpc) is 2.83. The van der Waals surface area contributed by atoms with Crippen LogP contribution in [0.2, 0.25) is 0 Å². The molecule has 1 aliphatic rings.